The minimum absolute atomic E-state index is 0.00320. The fourth-order valence-electron chi connectivity index (χ4n) is 1.30. The molecule has 2 N–H and O–H groups in total. The molecule has 0 aromatic heterocycles. The number of anilines is 1. The van der Waals surface area contributed by atoms with E-state index in [1.807, 2.05) is 0 Å². The zero-order valence-corrected chi connectivity index (χ0v) is 9.34. The minimum atomic E-state index is -0.850. The molecule has 0 atom stereocenters. The molecule has 17 heavy (non-hydrogen) atoms. The highest BCUT2D eigenvalue weighted by Crippen LogP contribution is 2.29. The third-order valence-electron chi connectivity index (χ3n) is 2.05. The van der Waals surface area contributed by atoms with Crippen molar-refractivity contribution >= 4 is 17.3 Å². The van der Waals surface area contributed by atoms with Crippen LogP contribution in [-0.4, -0.2) is 0 Å². The monoisotopic (exact) mass is 255 g/mol. The summed E-state index contributed by atoms with van der Waals surface area (Å²) in [6.07, 6.45) is 0. The zero-order chi connectivity index (χ0) is 12.4. The molecule has 0 fully saturated rings. The van der Waals surface area contributed by atoms with Gasteiger partial charge in [0.25, 0.3) is 0 Å². The Morgan fingerprint density at radius 2 is 1.53 bits per heavy atom. The summed E-state index contributed by atoms with van der Waals surface area (Å²) in [5.41, 5.74) is 5.29. The molecule has 0 aliphatic carbocycles. The highest BCUT2D eigenvalue weighted by Gasteiger charge is 2.12. The standard InChI is InChI=1S/C12H8ClF2NO/c13-7-1-3-9(4-2-7)17-12-10(14)5-8(16)6-11(12)15/h1-6H,16H2. The third kappa shape index (κ3) is 2.65. The van der Waals surface area contributed by atoms with Crippen LogP contribution in [0, 0.1) is 11.6 Å². The molecule has 0 amide bonds. The van der Waals surface area contributed by atoms with Crippen LogP contribution in [0.25, 0.3) is 0 Å². The molecule has 0 spiro atoms. The van der Waals surface area contributed by atoms with E-state index in [2.05, 4.69) is 0 Å². The quantitative estimate of drug-likeness (QED) is 0.824. The Kier molecular flexibility index (Phi) is 3.15. The Labute approximate surface area is 102 Å². The van der Waals surface area contributed by atoms with E-state index in [-0.39, 0.29) is 11.4 Å². The first-order valence-corrected chi connectivity index (χ1v) is 5.12. The molecular weight excluding hydrogens is 248 g/mol. The van der Waals surface area contributed by atoms with Crippen molar-refractivity contribution in [3.63, 3.8) is 0 Å². The normalized spacial score (nSPS) is 10.3. The molecule has 2 nitrogen and oxygen atoms in total. The molecule has 2 aromatic carbocycles. The van der Waals surface area contributed by atoms with Crippen molar-refractivity contribution in [3.8, 4) is 11.5 Å². The van der Waals surface area contributed by atoms with Crippen LogP contribution >= 0.6 is 11.6 Å². The lowest BCUT2D eigenvalue weighted by atomic mass is 10.2. The summed E-state index contributed by atoms with van der Waals surface area (Å²) in [6, 6.07) is 8.13. The predicted molar refractivity (Wildman–Crippen MR) is 62.3 cm³/mol. The molecule has 5 heteroatoms. The Bertz CT molecular complexity index is 520. The topological polar surface area (TPSA) is 35.2 Å². The summed E-state index contributed by atoms with van der Waals surface area (Å²) in [4.78, 5) is 0. The van der Waals surface area contributed by atoms with Crippen LogP contribution in [-0.2, 0) is 0 Å². The first-order chi connectivity index (χ1) is 8.06. The van der Waals surface area contributed by atoms with Gasteiger partial charge in [-0.1, -0.05) is 11.6 Å². The average molecular weight is 256 g/mol. The summed E-state index contributed by atoms with van der Waals surface area (Å²) < 4.78 is 31.9. The van der Waals surface area contributed by atoms with Crippen LogP contribution < -0.4 is 10.5 Å². The lowest BCUT2D eigenvalue weighted by Gasteiger charge is -2.08. The lowest BCUT2D eigenvalue weighted by molar-refractivity contribution is 0.408. The van der Waals surface area contributed by atoms with Crippen LogP contribution in [0.1, 0.15) is 0 Å². The molecule has 0 aliphatic rings. The van der Waals surface area contributed by atoms with Crippen LogP contribution in [0.5, 0.6) is 11.5 Å². The van der Waals surface area contributed by atoms with Gasteiger partial charge in [0.2, 0.25) is 0 Å². The number of hydrogen-bond acceptors (Lipinski definition) is 2. The predicted octanol–water partition coefficient (Wildman–Crippen LogP) is 3.99. The van der Waals surface area contributed by atoms with E-state index in [0.717, 1.165) is 12.1 Å². The second-order valence-corrected chi connectivity index (χ2v) is 3.81. The van der Waals surface area contributed by atoms with E-state index in [9.17, 15) is 8.78 Å². The number of nitrogen functional groups attached to an aromatic ring is 1. The van der Waals surface area contributed by atoms with Crippen LogP contribution in [0.4, 0.5) is 14.5 Å². The highest BCUT2D eigenvalue weighted by molar-refractivity contribution is 6.30. The van der Waals surface area contributed by atoms with Crippen molar-refractivity contribution in [2.75, 3.05) is 5.73 Å². The van der Waals surface area contributed by atoms with Crippen molar-refractivity contribution in [1.82, 2.24) is 0 Å². The van der Waals surface area contributed by atoms with Gasteiger partial charge >= 0.3 is 0 Å². The molecule has 0 saturated carbocycles. The van der Waals surface area contributed by atoms with Gasteiger partial charge in [-0.3, -0.25) is 0 Å². The Hall–Kier alpha value is -1.81. The van der Waals surface area contributed by atoms with Crippen LogP contribution in [0.2, 0.25) is 5.02 Å². The van der Waals surface area contributed by atoms with Gasteiger partial charge in [-0.15, -0.1) is 0 Å². The third-order valence-corrected chi connectivity index (χ3v) is 2.31. The van der Waals surface area contributed by atoms with E-state index in [0.29, 0.717) is 5.02 Å². The maximum absolute atomic E-state index is 13.4. The maximum atomic E-state index is 13.4. The summed E-state index contributed by atoms with van der Waals surface area (Å²) >= 11 is 5.68. The Morgan fingerprint density at radius 3 is 2.06 bits per heavy atom. The van der Waals surface area contributed by atoms with Crippen molar-refractivity contribution in [2.24, 2.45) is 0 Å². The SMILES string of the molecule is Nc1cc(F)c(Oc2ccc(Cl)cc2)c(F)c1. The number of benzene rings is 2. The molecule has 2 rings (SSSR count). The molecule has 0 aliphatic heterocycles. The van der Waals surface area contributed by atoms with E-state index >= 15 is 0 Å². The molecule has 0 heterocycles. The van der Waals surface area contributed by atoms with Gasteiger partial charge in [0.1, 0.15) is 5.75 Å². The second kappa shape index (κ2) is 4.59. The van der Waals surface area contributed by atoms with Crippen molar-refractivity contribution in [3.05, 3.63) is 53.1 Å². The zero-order valence-electron chi connectivity index (χ0n) is 8.58. The van der Waals surface area contributed by atoms with Crippen molar-refractivity contribution < 1.29 is 13.5 Å². The summed E-state index contributed by atoms with van der Waals surface area (Å²) in [6.45, 7) is 0. The number of hydrogen-bond donors (Lipinski definition) is 1. The number of halogens is 3. The number of ether oxygens (including phenoxy) is 1. The average Bonchev–Trinajstić information content (AvgIpc) is 2.26. The summed E-state index contributed by atoms with van der Waals surface area (Å²) in [5.74, 6) is -1.90. The molecule has 2 aromatic rings. The number of rotatable bonds is 2. The van der Waals surface area contributed by atoms with Gasteiger partial charge in [-0.25, -0.2) is 8.78 Å². The first-order valence-electron chi connectivity index (χ1n) is 4.74. The van der Waals surface area contributed by atoms with E-state index in [4.69, 9.17) is 22.1 Å². The second-order valence-electron chi connectivity index (χ2n) is 3.37. The number of nitrogens with two attached hydrogens (primary N) is 1. The minimum Gasteiger partial charge on any atom is -0.451 e. The van der Waals surface area contributed by atoms with Crippen molar-refractivity contribution in [1.29, 1.82) is 0 Å². The Balaban J connectivity index is 2.33. The van der Waals surface area contributed by atoms with E-state index in [1.54, 1.807) is 12.1 Å². The maximum Gasteiger partial charge on any atom is 0.198 e. The van der Waals surface area contributed by atoms with Crippen molar-refractivity contribution in [2.45, 2.75) is 0 Å². The van der Waals surface area contributed by atoms with Gasteiger partial charge in [0.05, 0.1) is 0 Å². The van der Waals surface area contributed by atoms with Gasteiger partial charge in [0, 0.05) is 22.8 Å². The summed E-state index contributed by atoms with van der Waals surface area (Å²) in [7, 11) is 0. The smallest absolute Gasteiger partial charge is 0.198 e. The molecule has 0 bridgehead atoms. The fourth-order valence-corrected chi connectivity index (χ4v) is 1.42. The molecule has 0 unspecified atom stereocenters. The van der Waals surface area contributed by atoms with Crippen LogP contribution in [0.15, 0.2) is 36.4 Å². The van der Waals surface area contributed by atoms with Crippen LogP contribution in [0.3, 0.4) is 0 Å². The van der Waals surface area contributed by atoms with E-state index in [1.165, 1.54) is 12.1 Å². The highest BCUT2D eigenvalue weighted by atomic mass is 35.5. The first kappa shape index (κ1) is 11.7. The molecular formula is C12H8ClF2NO. The van der Waals surface area contributed by atoms with Gasteiger partial charge in [-0.2, -0.15) is 0 Å². The molecule has 88 valence electrons. The largest absolute Gasteiger partial charge is 0.451 e. The van der Waals surface area contributed by atoms with E-state index < -0.39 is 17.4 Å². The van der Waals surface area contributed by atoms with Gasteiger partial charge in [-0.05, 0) is 24.3 Å². The van der Waals surface area contributed by atoms with Gasteiger partial charge in [0.15, 0.2) is 17.4 Å². The molecule has 0 radical (unpaired) electrons. The Morgan fingerprint density at radius 1 is 1.00 bits per heavy atom. The van der Waals surface area contributed by atoms with Gasteiger partial charge < -0.3 is 10.5 Å². The summed E-state index contributed by atoms with van der Waals surface area (Å²) in [5, 5.41) is 0.510. The molecule has 0 saturated heterocycles. The fraction of sp³-hybridized carbons (Fsp3) is 0. The lowest BCUT2D eigenvalue weighted by Crippen LogP contribution is -1.95.